The van der Waals surface area contributed by atoms with Crippen LogP contribution in [0.5, 0.6) is 5.75 Å². The van der Waals surface area contributed by atoms with Gasteiger partial charge in [-0.2, -0.15) is 13.8 Å². The van der Waals surface area contributed by atoms with Crippen molar-refractivity contribution >= 4 is 29.1 Å². The monoisotopic (exact) mass is 351 g/mol. The van der Waals surface area contributed by atoms with Crippen molar-refractivity contribution in [3.05, 3.63) is 42.7 Å². The molecule has 0 radical (unpaired) electrons. The standard InChI is InChI=1S/C14H11F2N5O2S/c15-12(16)23-10-5-2-1-4-9(10)18-11(22)8-24-14-19-13-17-6-3-7-21(13)20-14/h1-7,12H,8H2,(H,18,22). The van der Waals surface area contributed by atoms with E-state index in [-0.39, 0.29) is 17.2 Å². The molecule has 7 nitrogen and oxygen atoms in total. The first-order valence-corrected chi connectivity index (χ1v) is 7.74. The quantitative estimate of drug-likeness (QED) is 0.687. The van der Waals surface area contributed by atoms with Gasteiger partial charge in [0.2, 0.25) is 11.1 Å². The van der Waals surface area contributed by atoms with E-state index < -0.39 is 12.5 Å². The van der Waals surface area contributed by atoms with Crippen molar-refractivity contribution in [3.8, 4) is 5.75 Å². The van der Waals surface area contributed by atoms with Gasteiger partial charge in [-0.05, 0) is 18.2 Å². The number of halogens is 2. The van der Waals surface area contributed by atoms with Crippen LogP contribution >= 0.6 is 11.8 Å². The van der Waals surface area contributed by atoms with Gasteiger partial charge in [-0.15, -0.1) is 5.10 Å². The van der Waals surface area contributed by atoms with Gasteiger partial charge in [0.15, 0.2) is 0 Å². The van der Waals surface area contributed by atoms with Crippen LogP contribution in [-0.4, -0.2) is 37.9 Å². The second kappa shape index (κ2) is 7.21. The number of anilines is 1. The highest BCUT2D eigenvalue weighted by atomic mass is 32.2. The second-order valence-corrected chi connectivity index (χ2v) is 5.41. The number of hydrogen-bond acceptors (Lipinski definition) is 6. The maximum Gasteiger partial charge on any atom is 0.387 e. The molecule has 124 valence electrons. The Morgan fingerprint density at radius 2 is 2.17 bits per heavy atom. The third kappa shape index (κ3) is 3.96. The first-order chi connectivity index (χ1) is 11.6. The Bertz CT molecular complexity index is 825. The average molecular weight is 351 g/mol. The number of benzene rings is 1. The predicted octanol–water partition coefficient (Wildman–Crippen LogP) is 2.46. The van der Waals surface area contributed by atoms with Crippen molar-refractivity contribution in [2.75, 3.05) is 11.1 Å². The fourth-order valence-electron chi connectivity index (χ4n) is 1.86. The number of fused-ring (bicyclic) bond motifs is 1. The number of para-hydroxylation sites is 2. The van der Waals surface area contributed by atoms with Gasteiger partial charge in [-0.25, -0.2) is 9.50 Å². The summed E-state index contributed by atoms with van der Waals surface area (Å²) < 4.78 is 30.5. The van der Waals surface area contributed by atoms with Crippen molar-refractivity contribution in [3.63, 3.8) is 0 Å². The van der Waals surface area contributed by atoms with Crippen LogP contribution in [0.3, 0.4) is 0 Å². The smallest absolute Gasteiger partial charge is 0.387 e. The Morgan fingerprint density at radius 1 is 1.33 bits per heavy atom. The molecule has 1 N–H and O–H groups in total. The van der Waals surface area contributed by atoms with Crippen molar-refractivity contribution in [2.24, 2.45) is 0 Å². The topological polar surface area (TPSA) is 81.4 Å². The Balaban J connectivity index is 1.61. The van der Waals surface area contributed by atoms with E-state index in [2.05, 4.69) is 25.1 Å². The molecule has 1 aromatic carbocycles. The molecule has 2 heterocycles. The second-order valence-electron chi connectivity index (χ2n) is 4.47. The Labute approximate surface area is 139 Å². The highest BCUT2D eigenvalue weighted by Crippen LogP contribution is 2.25. The number of thioether (sulfide) groups is 1. The molecule has 0 bridgehead atoms. The van der Waals surface area contributed by atoms with Crippen LogP contribution in [0, 0.1) is 0 Å². The fourth-order valence-corrected chi connectivity index (χ4v) is 2.48. The number of rotatable bonds is 6. The molecule has 0 unspecified atom stereocenters. The Kier molecular flexibility index (Phi) is 4.85. The number of amides is 1. The summed E-state index contributed by atoms with van der Waals surface area (Å²) in [6.45, 7) is -2.97. The number of ether oxygens (including phenoxy) is 1. The SMILES string of the molecule is O=C(CSc1nc2ncccn2n1)Nc1ccccc1OC(F)F. The van der Waals surface area contributed by atoms with Crippen LogP contribution in [0.15, 0.2) is 47.9 Å². The lowest BCUT2D eigenvalue weighted by Crippen LogP contribution is -2.15. The molecule has 0 aliphatic heterocycles. The predicted molar refractivity (Wildman–Crippen MR) is 83.2 cm³/mol. The fraction of sp³-hybridized carbons (Fsp3) is 0.143. The molecule has 3 aromatic rings. The zero-order valence-corrected chi connectivity index (χ0v) is 12.9. The van der Waals surface area contributed by atoms with Crippen LogP contribution in [0.1, 0.15) is 0 Å². The maximum absolute atomic E-state index is 12.3. The van der Waals surface area contributed by atoms with Crippen LogP contribution < -0.4 is 10.1 Å². The first-order valence-electron chi connectivity index (χ1n) is 6.76. The molecule has 0 saturated heterocycles. The zero-order chi connectivity index (χ0) is 16.9. The summed E-state index contributed by atoms with van der Waals surface area (Å²) in [6.07, 6.45) is 3.28. The van der Waals surface area contributed by atoms with E-state index in [0.29, 0.717) is 10.9 Å². The number of hydrogen-bond donors (Lipinski definition) is 1. The molecular weight excluding hydrogens is 340 g/mol. The van der Waals surface area contributed by atoms with Crippen LogP contribution in [0.4, 0.5) is 14.5 Å². The van der Waals surface area contributed by atoms with Crippen LogP contribution in [0.2, 0.25) is 0 Å². The lowest BCUT2D eigenvalue weighted by Gasteiger charge is -2.11. The summed E-state index contributed by atoms with van der Waals surface area (Å²) in [5.74, 6) is -0.0472. The summed E-state index contributed by atoms with van der Waals surface area (Å²) in [5, 5.41) is 7.06. The van der Waals surface area contributed by atoms with Gasteiger partial charge >= 0.3 is 6.61 Å². The van der Waals surface area contributed by atoms with Gasteiger partial charge in [0.1, 0.15) is 5.75 Å². The molecule has 0 atom stereocenters. The largest absolute Gasteiger partial charge is 0.433 e. The summed E-state index contributed by atoms with van der Waals surface area (Å²) in [5.41, 5.74) is 0.174. The van der Waals surface area contributed by atoms with E-state index in [1.54, 1.807) is 24.5 Å². The van der Waals surface area contributed by atoms with Crippen molar-refractivity contribution in [1.29, 1.82) is 0 Å². The zero-order valence-electron chi connectivity index (χ0n) is 12.1. The van der Waals surface area contributed by atoms with Crippen molar-refractivity contribution in [1.82, 2.24) is 19.6 Å². The summed E-state index contributed by atoms with van der Waals surface area (Å²) in [4.78, 5) is 20.2. The molecule has 0 aliphatic carbocycles. The van der Waals surface area contributed by atoms with Crippen molar-refractivity contribution in [2.45, 2.75) is 11.8 Å². The molecule has 3 rings (SSSR count). The minimum atomic E-state index is -2.97. The third-order valence-electron chi connectivity index (χ3n) is 2.81. The number of nitrogens with zero attached hydrogens (tertiary/aromatic N) is 4. The van der Waals surface area contributed by atoms with Gasteiger partial charge in [-0.3, -0.25) is 4.79 Å². The van der Waals surface area contributed by atoms with E-state index in [1.165, 1.54) is 22.7 Å². The summed E-state index contributed by atoms with van der Waals surface area (Å²) in [7, 11) is 0. The highest BCUT2D eigenvalue weighted by molar-refractivity contribution is 7.99. The van der Waals surface area contributed by atoms with E-state index in [9.17, 15) is 13.6 Å². The molecule has 0 saturated carbocycles. The number of aromatic nitrogens is 4. The first kappa shape index (κ1) is 16.1. The minimum absolute atomic E-state index is 0.0138. The number of carbonyl (C=O) groups excluding carboxylic acids is 1. The van der Waals surface area contributed by atoms with E-state index in [0.717, 1.165) is 11.8 Å². The molecular formula is C14H11F2N5O2S. The molecule has 0 spiro atoms. The molecule has 0 aliphatic rings. The van der Waals surface area contributed by atoms with Crippen LogP contribution in [0.25, 0.3) is 5.78 Å². The Morgan fingerprint density at radius 3 is 2.96 bits per heavy atom. The third-order valence-corrected chi connectivity index (χ3v) is 3.64. The molecule has 0 fully saturated rings. The number of alkyl halides is 2. The summed E-state index contributed by atoms with van der Waals surface area (Å²) >= 11 is 1.11. The van der Waals surface area contributed by atoms with E-state index in [4.69, 9.17) is 0 Å². The molecule has 1 amide bonds. The summed E-state index contributed by atoms with van der Waals surface area (Å²) in [6, 6.07) is 7.69. The van der Waals surface area contributed by atoms with E-state index in [1.807, 2.05) is 0 Å². The van der Waals surface area contributed by atoms with Gasteiger partial charge < -0.3 is 10.1 Å². The van der Waals surface area contributed by atoms with Gasteiger partial charge in [0.05, 0.1) is 11.4 Å². The molecule has 10 heteroatoms. The highest BCUT2D eigenvalue weighted by Gasteiger charge is 2.13. The van der Waals surface area contributed by atoms with Gasteiger partial charge in [0, 0.05) is 12.4 Å². The minimum Gasteiger partial charge on any atom is -0.433 e. The molecule has 2 aromatic heterocycles. The lowest BCUT2D eigenvalue weighted by molar-refractivity contribution is -0.113. The van der Waals surface area contributed by atoms with E-state index >= 15 is 0 Å². The number of carbonyl (C=O) groups is 1. The van der Waals surface area contributed by atoms with Gasteiger partial charge in [0.25, 0.3) is 5.78 Å². The Hall–Kier alpha value is -2.75. The van der Waals surface area contributed by atoms with Gasteiger partial charge in [-0.1, -0.05) is 23.9 Å². The molecule has 24 heavy (non-hydrogen) atoms. The lowest BCUT2D eigenvalue weighted by atomic mass is 10.3. The number of nitrogens with one attached hydrogen (secondary N) is 1. The van der Waals surface area contributed by atoms with Crippen molar-refractivity contribution < 1.29 is 18.3 Å². The van der Waals surface area contributed by atoms with Crippen LogP contribution in [-0.2, 0) is 4.79 Å². The maximum atomic E-state index is 12.3. The normalized spacial score (nSPS) is 11.0. The average Bonchev–Trinajstić information content (AvgIpc) is 2.97.